The van der Waals surface area contributed by atoms with Crippen molar-refractivity contribution in [1.29, 1.82) is 0 Å². The van der Waals surface area contributed by atoms with Crippen LogP contribution in [-0.4, -0.2) is 33.4 Å². The number of aromatic hydroxyl groups is 1. The largest absolute Gasteiger partial charge is 0.507 e. The second-order valence-corrected chi connectivity index (χ2v) is 9.47. The van der Waals surface area contributed by atoms with Crippen LogP contribution in [-0.2, 0) is 22.7 Å². The first-order valence-corrected chi connectivity index (χ1v) is 12.9. The number of amides is 1. The minimum atomic E-state index is -0.942. The molecule has 0 radical (unpaired) electrons. The number of aliphatic hydroxyl groups is 1. The van der Waals surface area contributed by atoms with Crippen molar-refractivity contribution in [3.8, 4) is 17.2 Å². The van der Waals surface area contributed by atoms with E-state index in [0.29, 0.717) is 35.9 Å². The Morgan fingerprint density at radius 3 is 2.48 bits per heavy atom. The number of benzene rings is 3. The average molecular weight is 540 g/mol. The van der Waals surface area contributed by atoms with Gasteiger partial charge in [-0.05, 0) is 73.5 Å². The van der Waals surface area contributed by atoms with Gasteiger partial charge in [0.25, 0.3) is 11.7 Å². The second-order valence-electron chi connectivity index (χ2n) is 9.47. The second kappa shape index (κ2) is 11.4. The van der Waals surface area contributed by atoms with Crippen molar-refractivity contribution in [3.63, 3.8) is 0 Å². The topological polar surface area (TPSA) is 109 Å². The number of likely N-dealkylation sites (tertiary alicyclic amines) is 1. The lowest BCUT2D eigenvalue weighted by Gasteiger charge is -2.25. The number of nitrogens with zero attached hydrogens (tertiary/aromatic N) is 1. The Morgan fingerprint density at radius 1 is 0.975 bits per heavy atom. The van der Waals surface area contributed by atoms with Gasteiger partial charge in [0, 0.05) is 5.56 Å². The fraction of sp³-hybridized carbons (Fsp3) is 0.188. The van der Waals surface area contributed by atoms with Crippen molar-refractivity contribution in [2.75, 3.05) is 6.61 Å². The van der Waals surface area contributed by atoms with Crippen LogP contribution in [0, 0.1) is 6.92 Å². The van der Waals surface area contributed by atoms with E-state index in [-0.39, 0.29) is 29.4 Å². The lowest BCUT2D eigenvalue weighted by atomic mass is 9.95. The molecule has 4 aromatic rings. The van der Waals surface area contributed by atoms with Crippen LogP contribution in [0.4, 0.5) is 0 Å². The summed E-state index contributed by atoms with van der Waals surface area (Å²) in [6, 6.07) is 21.7. The van der Waals surface area contributed by atoms with Crippen LogP contribution < -0.4 is 9.47 Å². The summed E-state index contributed by atoms with van der Waals surface area (Å²) in [6.07, 6.45) is 1.48. The molecule has 1 aliphatic rings. The summed E-state index contributed by atoms with van der Waals surface area (Å²) >= 11 is 0. The minimum Gasteiger partial charge on any atom is -0.507 e. The number of phenols is 1. The molecule has 0 spiro atoms. The fourth-order valence-corrected chi connectivity index (χ4v) is 4.77. The third-order valence-corrected chi connectivity index (χ3v) is 6.66. The highest BCUT2D eigenvalue weighted by atomic mass is 16.5. The van der Waals surface area contributed by atoms with E-state index in [4.69, 9.17) is 13.9 Å². The van der Waals surface area contributed by atoms with Gasteiger partial charge in [-0.15, -0.1) is 0 Å². The van der Waals surface area contributed by atoms with E-state index >= 15 is 0 Å². The molecule has 5 rings (SSSR count). The van der Waals surface area contributed by atoms with E-state index in [1.807, 2.05) is 31.2 Å². The molecule has 8 heteroatoms. The van der Waals surface area contributed by atoms with Gasteiger partial charge in [0.1, 0.15) is 23.9 Å². The number of hydrogen-bond acceptors (Lipinski definition) is 7. The summed E-state index contributed by atoms with van der Waals surface area (Å²) in [5.41, 5.74) is 2.95. The minimum absolute atomic E-state index is 0.00953. The van der Waals surface area contributed by atoms with Crippen molar-refractivity contribution < 1.29 is 33.7 Å². The van der Waals surface area contributed by atoms with Crippen LogP contribution in [0.15, 0.2) is 95.1 Å². The SMILES string of the molecule is CCOc1cc([C@H]2C(=C(O)c3ccc(OCc4cccc(C)c4)cc3)C(=O)C(=O)N2Cc2ccco2)ccc1O. The molecule has 1 amide bonds. The lowest BCUT2D eigenvalue weighted by Crippen LogP contribution is -2.29. The highest BCUT2D eigenvalue weighted by Gasteiger charge is 2.46. The first-order valence-electron chi connectivity index (χ1n) is 12.9. The molecule has 0 saturated carbocycles. The van der Waals surface area contributed by atoms with Gasteiger partial charge in [-0.2, -0.15) is 0 Å². The van der Waals surface area contributed by atoms with Crippen LogP contribution in [0.3, 0.4) is 0 Å². The number of rotatable bonds is 9. The number of Topliss-reactive ketones (excluding diaryl/α,β-unsaturated/α-hetero) is 1. The molecule has 0 unspecified atom stereocenters. The summed E-state index contributed by atoms with van der Waals surface area (Å²) < 4.78 is 16.9. The van der Waals surface area contributed by atoms with Crippen LogP contribution in [0.1, 0.15) is 41.0 Å². The molecule has 8 nitrogen and oxygen atoms in total. The van der Waals surface area contributed by atoms with Crippen molar-refractivity contribution in [2.45, 2.75) is 33.0 Å². The Morgan fingerprint density at radius 2 is 1.77 bits per heavy atom. The maximum absolute atomic E-state index is 13.3. The van der Waals surface area contributed by atoms with E-state index in [0.717, 1.165) is 11.1 Å². The maximum Gasteiger partial charge on any atom is 0.296 e. The van der Waals surface area contributed by atoms with Gasteiger partial charge in [-0.1, -0.05) is 35.9 Å². The van der Waals surface area contributed by atoms with Gasteiger partial charge in [-0.3, -0.25) is 9.59 Å². The maximum atomic E-state index is 13.3. The fourth-order valence-electron chi connectivity index (χ4n) is 4.77. The first-order chi connectivity index (χ1) is 19.4. The summed E-state index contributed by atoms with van der Waals surface area (Å²) in [5, 5.41) is 21.6. The van der Waals surface area contributed by atoms with Crippen LogP contribution in [0.25, 0.3) is 5.76 Å². The normalized spacial score (nSPS) is 16.4. The molecular weight excluding hydrogens is 510 g/mol. The zero-order valence-corrected chi connectivity index (χ0v) is 22.2. The number of hydrogen-bond donors (Lipinski definition) is 2. The summed E-state index contributed by atoms with van der Waals surface area (Å²) in [5.74, 6) is -0.708. The molecule has 2 heterocycles. The molecule has 1 aromatic heterocycles. The quantitative estimate of drug-likeness (QED) is 0.155. The van der Waals surface area contributed by atoms with Gasteiger partial charge >= 0.3 is 0 Å². The molecule has 0 aliphatic carbocycles. The summed E-state index contributed by atoms with van der Waals surface area (Å²) in [4.78, 5) is 27.9. The highest BCUT2D eigenvalue weighted by molar-refractivity contribution is 6.46. The third-order valence-electron chi connectivity index (χ3n) is 6.66. The standard InChI is InChI=1S/C32H29NO7/c1-3-38-27-17-23(11-14-26(27)34)29-28(31(36)32(37)33(29)18-25-8-5-15-39-25)30(35)22-9-12-24(13-10-22)40-19-21-7-4-6-20(2)16-21/h4-17,29,34-35H,3,18-19H2,1-2H3/t29-/m0/s1. The zero-order valence-electron chi connectivity index (χ0n) is 22.2. The number of carbonyl (C=O) groups excluding carboxylic acids is 2. The molecule has 1 saturated heterocycles. The van der Waals surface area contributed by atoms with Gasteiger partial charge in [0.15, 0.2) is 11.5 Å². The molecule has 1 atom stereocenters. The molecule has 0 bridgehead atoms. The number of ketones is 1. The van der Waals surface area contributed by atoms with Crippen LogP contribution in [0.5, 0.6) is 17.2 Å². The third kappa shape index (κ3) is 5.42. The van der Waals surface area contributed by atoms with Crippen LogP contribution >= 0.6 is 0 Å². The van der Waals surface area contributed by atoms with E-state index in [9.17, 15) is 19.8 Å². The van der Waals surface area contributed by atoms with Gasteiger partial charge < -0.3 is 29.0 Å². The average Bonchev–Trinajstić information content (AvgIpc) is 3.56. The van der Waals surface area contributed by atoms with Crippen molar-refractivity contribution in [2.24, 2.45) is 0 Å². The predicted octanol–water partition coefficient (Wildman–Crippen LogP) is 5.89. The predicted molar refractivity (Wildman–Crippen MR) is 148 cm³/mol. The Labute approximate surface area is 231 Å². The number of carbonyl (C=O) groups is 2. The lowest BCUT2D eigenvalue weighted by molar-refractivity contribution is -0.140. The molecule has 1 aliphatic heterocycles. The Kier molecular flexibility index (Phi) is 7.59. The molecular formula is C32H29NO7. The summed E-state index contributed by atoms with van der Waals surface area (Å²) in [6.45, 7) is 4.50. The number of aliphatic hydroxyl groups excluding tert-OH is 1. The first kappa shape index (κ1) is 26.6. The molecule has 1 fully saturated rings. The van der Waals surface area contributed by atoms with Crippen molar-refractivity contribution in [3.05, 3.63) is 119 Å². The molecule has 2 N–H and O–H groups in total. The molecule has 204 valence electrons. The Hall–Kier alpha value is -4.98. The monoisotopic (exact) mass is 539 g/mol. The van der Waals surface area contributed by atoms with Gasteiger partial charge in [-0.25, -0.2) is 0 Å². The number of ether oxygens (including phenoxy) is 2. The Balaban J connectivity index is 1.50. The van der Waals surface area contributed by atoms with E-state index in [1.54, 1.807) is 55.5 Å². The number of aryl methyl sites for hydroxylation is 1. The van der Waals surface area contributed by atoms with E-state index < -0.39 is 17.7 Å². The molecule has 40 heavy (non-hydrogen) atoms. The van der Waals surface area contributed by atoms with E-state index in [2.05, 4.69) is 0 Å². The van der Waals surface area contributed by atoms with Gasteiger partial charge in [0.05, 0.1) is 31.0 Å². The van der Waals surface area contributed by atoms with Crippen molar-refractivity contribution in [1.82, 2.24) is 4.90 Å². The summed E-state index contributed by atoms with van der Waals surface area (Å²) in [7, 11) is 0. The van der Waals surface area contributed by atoms with Gasteiger partial charge in [0.2, 0.25) is 0 Å². The number of phenolic OH excluding ortho intramolecular Hbond substituents is 1. The highest BCUT2D eigenvalue weighted by Crippen LogP contribution is 2.42. The number of furan rings is 1. The van der Waals surface area contributed by atoms with Crippen molar-refractivity contribution >= 4 is 17.4 Å². The Bertz CT molecular complexity index is 1550. The smallest absolute Gasteiger partial charge is 0.296 e. The molecule has 3 aromatic carbocycles. The zero-order chi connectivity index (χ0) is 28.2. The van der Waals surface area contributed by atoms with Crippen LogP contribution in [0.2, 0.25) is 0 Å². The van der Waals surface area contributed by atoms with E-state index in [1.165, 1.54) is 17.2 Å².